The fourth-order valence-electron chi connectivity index (χ4n) is 9.27. The van der Waals surface area contributed by atoms with Crippen molar-refractivity contribution >= 4 is 92.7 Å². The molecule has 61 heavy (non-hydrogen) atoms. The van der Waals surface area contributed by atoms with Crippen LogP contribution in [0.1, 0.15) is 6.42 Å². The third-order valence-corrected chi connectivity index (χ3v) is 14.0. The number of anilines is 5. The van der Waals surface area contributed by atoms with Crippen molar-refractivity contribution in [2.75, 3.05) is 28.6 Å². The van der Waals surface area contributed by atoms with Crippen LogP contribution in [0.5, 0.6) is 0 Å². The smallest absolute Gasteiger partial charge is 0.143 e. The molecule has 0 bridgehead atoms. The van der Waals surface area contributed by atoms with E-state index in [1.165, 1.54) is 54.3 Å². The van der Waals surface area contributed by atoms with Gasteiger partial charge in [-0.25, -0.2) is 10.0 Å². The van der Waals surface area contributed by atoms with E-state index in [9.17, 15) is 0 Å². The van der Waals surface area contributed by atoms with Gasteiger partial charge in [0.05, 0.1) is 6.04 Å². The SMILES string of the molecule is CS(C)(C)C1=CC[C@@H](N(c2ccccc2)c2ccc(-c3ccc4c(c3)c3ccccc3c3c5ccc(N(c6ccccc6)c6ccc7ccccc7c6)cc5oc43)cc2)C=C1. The van der Waals surface area contributed by atoms with Crippen LogP contribution in [-0.2, 0) is 0 Å². The summed E-state index contributed by atoms with van der Waals surface area (Å²) in [5, 5.41) is 9.42. The van der Waals surface area contributed by atoms with Crippen LogP contribution in [0.3, 0.4) is 0 Å². The predicted molar refractivity (Wildman–Crippen MR) is 266 cm³/mol. The molecule has 0 fully saturated rings. The molecule has 0 spiro atoms. The molecule has 0 amide bonds. The summed E-state index contributed by atoms with van der Waals surface area (Å²) in [5.41, 5.74) is 9.78. The van der Waals surface area contributed by atoms with E-state index in [2.05, 4.69) is 235 Å². The molecule has 0 saturated heterocycles. The van der Waals surface area contributed by atoms with Gasteiger partial charge in [-0.2, -0.15) is 0 Å². The Morgan fingerprint density at radius 1 is 0.475 bits per heavy atom. The molecule has 3 nitrogen and oxygen atoms in total. The van der Waals surface area contributed by atoms with Gasteiger partial charge >= 0.3 is 0 Å². The Labute approximate surface area is 358 Å². The van der Waals surface area contributed by atoms with E-state index >= 15 is 0 Å². The lowest BCUT2D eigenvalue weighted by Gasteiger charge is -2.36. The summed E-state index contributed by atoms with van der Waals surface area (Å²) in [6, 6.07) is 68.3. The lowest BCUT2D eigenvalue weighted by Crippen LogP contribution is -2.30. The van der Waals surface area contributed by atoms with Gasteiger partial charge in [0.15, 0.2) is 0 Å². The molecule has 0 aliphatic heterocycles. The van der Waals surface area contributed by atoms with Crippen molar-refractivity contribution in [3.8, 4) is 11.1 Å². The van der Waals surface area contributed by atoms with Crippen molar-refractivity contribution in [2.45, 2.75) is 12.5 Å². The Bertz CT molecular complexity index is 3320. The monoisotopic (exact) mass is 806 g/mol. The van der Waals surface area contributed by atoms with Crippen LogP contribution in [0, 0.1) is 0 Å². The summed E-state index contributed by atoms with van der Waals surface area (Å²) in [4.78, 5) is 6.27. The summed E-state index contributed by atoms with van der Waals surface area (Å²) >= 11 is 0. The van der Waals surface area contributed by atoms with Crippen molar-refractivity contribution in [1.29, 1.82) is 0 Å². The van der Waals surface area contributed by atoms with Gasteiger partial charge < -0.3 is 14.2 Å². The first-order valence-corrected chi connectivity index (χ1v) is 23.9. The zero-order valence-electron chi connectivity index (χ0n) is 34.6. The molecule has 0 radical (unpaired) electrons. The van der Waals surface area contributed by atoms with Gasteiger partial charge in [-0.1, -0.05) is 127 Å². The average Bonchev–Trinajstić information content (AvgIpc) is 3.69. The van der Waals surface area contributed by atoms with Gasteiger partial charge in [0.25, 0.3) is 0 Å². The summed E-state index contributed by atoms with van der Waals surface area (Å²) in [7, 11) is -0.771. The fraction of sp³-hybridized carbons (Fsp3) is 0.0877. The molecular weight excluding hydrogens is 761 g/mol. The maximum atomic E-state index is 6.98. The summed E-state index contributed by atoms with van der Waals surface area (Å²) in [6.07, 6.45) is 15.3. The highest BCUT2D eigenvalue weighted by Gasteiger charge is 2.23. The minimum atomic E-state index is -0.771. The van der Waals surface area contributed by atoms with Crippen LogP contribution >= 0.6 is 10.0 Å². The third-order valence-electron chi connectivity index (χ3n) is 12.3. The maximum Gasteiger partial charge on any atom is 0.143 e. The number of hydrogen-bond acceptors (Lipinski definition) is 3. The van der Waals surface area contributed by atoms with Crippen LogP contribution in [0.4, 0.5) is 28.4 Å². The van der Waals surface area contributed by atoms with Crippen molar-refractivity contribution in [1.82, 2.24) is 0 Å². The number of nitrogens with zero attached hydrogens (tertiary/aromatic N) is 2. The van der Waals surface area contributed by atoms with Gasteiger partial charge in [0, 0.05) is 50.7 Å². The Hall–Kier alpha value is -7.01. The van der Waals surface area contributed by atoms with Crippen LogP contribution in [0.25, 0.3) is 65.4 Å². The molecular formula is C57H46N2OS. The first-order valence-electron chi connectivity index (χ1n) is 21.0. The van der Waals surface area contributed by atoms with Gasteiger partial charge in [0.2, 0.25) is 0 Å². The number of allylic oxidation sites excluding steroid dienone is 1. The number of hydrogen-bond donors (Lipinski definition) is 0. The number of fused-ring (bicyclic) bond motifs is 9. The Morgan fingerprint density at radius 3 is 1.82 bits per heavy atom. The van der Waals surface area contributed by atoms with E-state index in [0.29, 0.717) is 0 Å². The number of furan rings is 1. The normalized spacial score (nSPS) is 14.5. The highest BCUT2D eigenvalue weighted by Crippen LogP contribution is 2.48. The highest BCUT2D eigenvalue weighted by atomic mass is 32.3. The molecule has 0 saturated carbocycles. The zero-order valence-corrected chi connectivity index (χ0v) is 35.4. The molecule has 1 aliphatic carbocycles. The maximum absolute atomic E-state index is 6.98. The minimum absolute atomic E-state index is 0.244. The molecule has 1 aliphatic rings. The molecule has 0 N–H and O–H groups in total. The molecule has 1 heterocycles. The van der Waals surface area contributed by atoms with Crippen LogP contribution < -0.4 is 9.80 Å². The third kappa shape index (κ3) is 6.65. The number of para-hydroxylation sites is 2. The van der Waals surface area contributed by atoms with Crippen LogP contribution in [0.2, 0.25) is 0 Å². The summed E-state index contributed by atoms with van der Waals surface area (Å²) in [5.74, 6) is 0. The van der Waals surface area contributed by atoms with Crippen molar-refractivity contribution in [3.05, 3.63) is 211 Å². The molecule has 296 valence electrons. The second-order valence-corrected chi connectivity index (χ2v) is 21.0. The molecule has 11 rings (SSSR count). The predicted octanol–water partition coefficient (Wildman–Crippen LogP) is 16.2. The van der Waals surface area contributed by atoms with Crippen LogP contribution in [0.15, 0.2) is 216 Å². The molecule has 1 aromatic heterocycles. The van der Waals surface area contributed by atoms with Crippen molar-refractivity contribution in [3.63, 3.8) is 0 Å². The quantitative estimate of drug-likeness (QED) is 0.143. The lowest BCUT2D eigenvalue weighted by atomic mass is 9.94. The Morgan fingerprint density at radius 2 is 1.08 bits per heavy atom. The first-order chi connectivity index (χ1) is 29.9. The topological polar surface area (TPSA) is 19.6 Å². The first kappa shape index (κ1) is 37.0. The minimum Gasteiger partial charge on any atom is -0.455 e. The van der Waals surface area contributed by atoms with E-state index in [4.69, 9.17) is 4.42 Å². The van der Waals surface area contributed by atoms with Crippen LogP contribution in [-0.4, -0.2) is 24.8 Å². The van der Waals surface area contributed by atoms with Gasteiger partial charge in [-0.3, -0.25) is 0 Å². The fourth-order valence-corrected chi connectivity index (χ4v) is 10.4. The zero-order chi connectivity index (χ0) is 41.1. The largest absolute Gasteiger partial charge is 0.455 e. The lowest BCUT2D eigenvalue weighted by molar-refractivity contribution is 0.673. The molecule has 1 atom stereocenters. The number of rotatable bonds is 8. The molecule has 0 unspecified atom stereocenters. The van der Waals surface area contributed by atoms with Gasteiger partial charge in [-0.15, -0.1) is 0 Å². The van der Waals surface area contributed by atoms with E-state index in [-0.39, 0.29) is 6.04 Å². The van der Waals surface area contributed by atoms with E-state index < -0.39 is 10.0 Å². The summed E-state index contributed by atoms with van der Waals surface area (Å²) < 4.78 is 6.98. The second kappa shape index (κ2) is 14.9. The van der Waals surface area contributed by atoms with E-state index in [1.54, 1.807) is 0 Å². The van der Waals surface area contributed by atoms with E-state index in [1.807, 2.05) is 0 Å². The Balaban J connectivity index is 0.994. The molecule has 10 aromatic rings. The second-order valence-electron chi connectivity index (χ2n) is 16.9. The Kier molecular flexibility index (Phi) is 9.05. The van der Waals surface area contributed by atoms with Crippen molar-refractivity contribution < 1.29 is 4.42 Å². The van der Waals surface area contributed by atoms with E-state index in [0.717, 1.165) is 50.8 Å². The highest BCUT2D eigenvalue weighted by molar-refractivity contribution is 8.35. The van der Waals surface area contributed by atoms with Crippen molar-refractivity contribution in [2.24, 2.45) is 0 Å². The summed E-state index contributed by atoms with van der Waals surface area (Å²) in [6.45, 7) is 0. The average molecular weight is 807 g/mol. The molecule has 9 aromatic carbocycles. The number of benzene rings is 9. The standard InChI is InChI=1S/C57H46N2OS/c1-61(2,3)49-32-29-46(30-33-49)58(43-16-6-4-7-17-43)45-26-22-40(23-27-45)42-25-34-52-54(37-42)50-20-12-13-21-51(50)56-53-35-31-48(38-55(53)60-57(52)56)59(44-18-8-5-9-19-44)47-28-24-39-14-10-11-15-41(39)36-47/h4-29,31-38,46H,30H2,1-3H3/t46-/m0/s1. The van der Waals surface area contributed by atoms with Gasteiger partial charge in [-0.05, 0) is 141 Å². The molecule has 4 heteroatoms. The van der Waals surface area contributed by atoms with Gasteiger partial charge in [0.1, 0.15) is 11.2 Å².